The smallest absolute Gasteiger partial charge is 0.350 e. The summed E-state index contributed by atoms with van der Waals surface area (Å²) in [6, 6.07) is 17.7. The third-order valence-corrected chi connectivity index (χ3v) is 8.25. The lowest BCUT2D eigenvalue weighted by atomic mass is 9.95. The number of aliphatic hydroxyl groups is 1. The molecule has 0 bridgehead atoms. The first-order chi connectivity index (χ1) is 21.6. The van der Waals surface area contributed by atoms with Gasteiger partial charge in [0, 0.05) is 5.56 Å². The predicted molar refractivity (Wildman–Crippen MR) is 169 cm³/mol. The third kappa shape index (κ3) is 6.39. The number of phenols is 1. The highest BCUT2D eigenvalue weighted by Gasteiger charge is 2.48. The van der Waals surface area contributed by atoms with Crippen molar-refractivity contribution >= 4 is 39.9 Å². The number of carbonyl (C=O) groups is 3. The van der Waals surface area contributed by atoms with Gasteiger partial charge in [0.25, 0.3) is 5.78 Å². The fourth-order valence-corrected chi connectivity index (χ4v) is 6.01. The molecule has 5 rings (SSSR count). The van der Waals surface area contributed by atoms with E-state index in [1.165, 1.54) is 18.2 Å². The Labute approximate surface area is 264 Å². The largest absolute Gasteiger partial charge is 0.507 e. The lowest BCUT2D eigenvalue weighted by molar-refractivity contribution is -0.132. The molecule has 1 aliphatic rings. The number of esters is 1. The summed E-state index contributed by atoms with van der Waals surface area (Å²) in [5.41, 5.74) is 2.93. The lowest BCUT2D eigenvalue weighted by Crippen LogP contribution is -2.29. The number of aliphatic hydroxyl groups excluding tert-OH is 1. The summed E-state index contributed by atoms with van der Waals surface area (Å²) >= 11 is 0.908. The summed E-state index contributed by atoms with van der Waals surface area (Å²) in [6.07, 6.45) is 0. The van der Waals surface area contributed by atoms with Gasteiger partial charge >= 0.3 is 11.9 Å². The van der Waals surface area contributed by atoms with Crippen molar-refractivity contribution in [3.05, 3.63) is 105 Å². The Bertz CT molecular complexity index is 1790. The Morgan fingerprint density at radius 1 is 0.978 bits per heavy atom. The number of hydrogen-bond acceptors (Lipinski definition) is 10. The summed E-state index contributed by atoms with van der Waals surface area (Å²) in [5, 5.41) is 22.0. The summed E-state index contributed by atoms with van der Waals surface area (Å²) < 4.78 is 16.6. The van der Waals surface area contributed by atoms with Crippen LogP contribution in [0.5, 0.6) is 17.2 Å². The van der Waals surface area contributed by atoms with Crippen LogP contribution < -0.4 is 14.4 Å². The second-order valence-electron chi connectivity index (χ2n) is 10.3. The van der Waals surface area contributed by atoms with Gasteiger partial charge in [-0.05, 0) is 75.2 Å². The van der Waals surface area contributed by atoms with Crippen molar-refractivity contribution in [3.63, 3.8) is 0 Å². The molecular formula is C34H32N2O8S. The number of ketones is 1. The van der Waals surface area contributed by atoms with Crippen LogP contribution in [0.25, 0.3) is 5.76 Å². The number of carbonyl (C=O) groups excluding carboxylic acids is 3. The second-order valence-corrected chi connectivity index (χ2v) is 11.2. The number of rotatable bonds is 10. The molecular weight excluding hydrogens is 596 g/mol. The average molecular weight is 629 g/mol. The Morgan fingerprint density at radius 2 is 1.73 bits per heavy atom. The minimum absolute atomic E-state index is 0.0765. The van der Waals surface area contributed by atoms with Crippen LogP contribution in [0, 0.1) is 13.8 Å². The number of ether oxygens (including phenoxy) is 3. The number of nitrogens with zero attached hydrogens (tertiary/aromatic N) is 2. The summed E-state index contributed by atoms with van der Waals surface area (Å²) in [7, 11) is 0. The van der Waals surface area contributed by atoms with E-state index in [1.807, 2.05) is 31.2 Å². The number of aromatic hydroxyl groups is 1. The molecule has 1 saturated heterocycles. The molecule has 0 radical (unpaired) electrons. The SMILES string of the molecule is CCOC(=O)c1sc(N2C(=O)C(=O)C(=C(O)c3ccc(OCc4cccc(C)c4)cc3)C2c2ccc(O)c(OCC)c2)nc1C. The summed E-state index contributed by atoms with van der Waals surface area (Å²) in [6.45, 7) is 7.79. The molecule has 232 valence electrons. The fraction of sp³-hybridized carbons (Fsp3) is 0.235. The van der Waals surface area contributed by atoms with Gasteiger partial charge in [-0.15, -0.1) is 0 Å². The minimum atomic E-state index is -1.15. The van der Waals surface area contributed by atoms with Crippen molar-refractivity contribution in [2.24, 2.45) is 0 Å². The Balaban J connectivity index is 1.56. The van der Waals surface area contributed by atoms with Crippen LogP contribution in [0.2, 0.25) is 0 Å². The van der Waals surface area contributed by atoms with Gasteiger partial charge in [0.1, 0.15) is 23.0 Å². The standard InChI is InChI=1S/C34H32N2O8S/c1-5-42-26-17-23(12-15-25(26)37)28-27(30(39)32(40)36(28)34-35-20(4)31(45-34)33(41)43-6-2)29(38)22-10-13-24(14-11-22)44-18-21-9-7-8-19(3)16-21/h7-17,28,37-38H,5-6,18H2,1-4H3. The molecule has 0 spiro atoms. The van der Waals surface area contributed by atoms with Gasteiger partial charge in [0.15, 0.2) is 16.6 Å². The number of aryl methyl sites for hydroxylation is 2. The van der Waals surface area contributed by atoms with E-state index in [4.69, 9.17) is 14.2 Å². The van der Waals surface area contributed by atoms with Crippen LogP contribution in [-0.4, -0.2) is 46.1 Å². The number of benzene rings is 3. The first-order valence-electron chi connectivity index (χ1n) is 14.3. The van der Waals surface area contributed by atoms with Gasteiger partial charge in [0.05, 0.1) is 30.5 Å². The average Bonchev–Trinajstić information content (AvgIpc) is 3.53. The molecule has 2 heterocycles. The van der Waals surface area contributed by atoms with Crippen molar-refractivity contribution in [2.45, 2.75) is 40.3 Å². The van der Waals surface area contributed by atoms with Crippen molar-refractivity contribution in [1.82, 2.24) is 4.98 Å². The number of aromatic nitrogens is 1. The van der Waals surface area contributed by atoms with Crippen LogP contribution in [-0.2, 0) is 20.9 Å². The molecule has 45 heavy (non-hydrogen) atoms. The Morgan fingerprint density at radius 3 is 2.42 bits per heavy atom. The van der Waals surface area contributed by atoms with E-state index in [1.54, 1.807) is 45.0 Å². The van der Waals surface area contributed by atoms with E-state index >= 15 is 0 Å². The van der Waals surface area contributed by atoms with E-state index in [0.29, 0.717) is 23.6 Å². The number of Topliss-reactive ketones (excluding diaryl/α,β-unsaturated/α-hetero) is 1. The molecule has 1 fully saturated rings. The molecule has 3 aromatic carbocycles. The maximum Gasteiger partial charge on any atom is 0.350 e. The molecule has 1 unspecified atom stereocenters. The van der Waals surface area contributed by atoms with Crippen LogP contribution in [0.3, 0.4) is 0 Å². The van der Waals surface area contributed by atoms with Crippen molar-refractivity contribution in [2.75, 3.05) is 18.1 Å². The Kier molecular flexibility index (Phi) is 9.19. The normalized spacial score (nSPS) is 15.7. The highest BCUT2D eigenvalue weighted by molar-refractivity contribution is 7.17. The zero-order valence-corrected chi connectivity index (χ0v) is 26.0. The zero-order chi connectivity index (χ0) is 32.2. The monoisotopic (exact) mass is 628 g/mol. The highest BCUT2D eigenvalue weighted by atomic mass is 32.1. The van der Waals surface area contributed by atoms with Gasteiger partial charge < -0.3 is 24.4 Å². The topological polar surface area (TPSA) is 135 Å². The van der Waals surface area contributed by atoms with Crippen LogP contribution in [0.1, 0.15) is 57.5 Å². The van der Waals surface area contributed by atoms with Crippen LogP contribution in [0.15, 0.2) is 72.3 Å². The number of phenolic OH excluding ortho intramolecular Hbond substituents is 1. The molecule has 1 atom stereocenters. The molecule has 10 nitrogen and oxygen atoms in total. The maximum absolute atomic E-state index is 13.6. The fourth-order valence-electron chi connectivity index (χ4n) is 5.02. The molecule has 0 aliphatic carbocycles. The predicted octanol–water partition coefficient (Wildman–Crippen LogP) is 6.25. The molecule has 4 aromatic rings. The number of thiazole rings is 1. The molecule has 1 aliphatic heterocycles. The molecule has 1 aromatic heterocycles. The first kappa shape index (κ1) is 31.3. The minimum Gasteiger partial charge on any atom is -0.507 e. The van der Waals surface area contributed by atoms with Crippen molar-refractivity contribution in [1.29, 1.82) is 0 Å². The maximum atomic E-state index is 13.6. The van der Waals surface area contributed by atoms with E-state index < -0.39 is 29.5 Å². The van der Waals surface area contributed by atoms with Crippen LogP contribution >= 0.6 is 11.3 Å². The van der Waals surface area contributed by atoms with Crippen molar-refractivity contribution in [3.8, 4) is 17.2 Å². The van der Waals surface area contributed by atoms with Gasteiger partial charge in [0.2, 0.25) is 0 Å². The second kappa shape index (κ2) is 13.2. The molecule has 0 saturated carbocycles. The van der Waals surface area contributed by atoms with E-state index in [2.05, 4.69) is 4.98 Å². The van der Waals surface area contributed by atoms with E-state index in [9.17, 15) is 24.6 Å². The van der Waals surface area contributed by atoms with Gasteiger partial charge in [-0.2, -0.15) is 0 Å². The Hall–Kier alpha value is -5.16. The van der Waals surface area contributed by atoms with Gasteiger partial charge in [-0.1, -0.05) is 47.2 Å². The lowest BCUT2D eigenvalue weighted by Gasteiger charge is -2.23. The first-order valence-corrected chi connectivity index (χ1v) is 15.1. The number of hydrogen-bond donors (Lipinski definition) is 2. The van der Waals surface area contributed by atoms with Crippen molar-refractivity contribution < 1.29 is 38.8 Å². The third-order valence-electron chi connectivity index (χ3n) is 7.11. The molecule has 11 heteroatoms. The zero-order valence-electron chi connectivity index (χ0n) is 25.2. The number of anilines is 1. The van der Waals surface area contributed by atoms with Gasteiger partial charge in [-0.25, -0.2) is 9.78 Å². The van der Waals surface area contributed by atoms with E-state index in [-0.39, 0.29) is 45.9 Å². The van der Waals surface area contributed by atoms with E-state index in [0.717, 1.165) is 27.4 Å². The summed E-state index contributed by atoms with van der Waals surface area (Å²) in [5.74, 6) is -2.32. The molecule has 2 N–H and O–H groups in total. The quantitative estimate of drug-likeness (QED) is 0.0905. The molecule has 1 amide bonds. The van der Waals surface area contributed by atoms with Crippen LogP contribution in [0.4, 0.5) is 5.13 Å². The highest BCUT2D eigenvalue weighted by Crippen LogP contribution is 2.45. The number of amides is 1. The van der Waals surface area contributed by atoms with Gasteiger partial charge in [-0.3, -0.25) is 14.5 Å². The summed E-state index contributed by atoms with van der Waals surface area (Å²) in [4.78, 5) is 45.5.